The second kappa shape index (κ2) is 33.6. The summed E-state index contributed by atoms with van der Waals surface area (Å²) in [7, 11) is 0. The van der Waals surface area contributed by atoms with Crippen LogP contribution in [-0.4, -0.2) is 44.9 Å². The maximum Gasteiger partial charge on any atom is 0.164 e. The van der Waals surface area contributed by atoms with Crippen molar-refractivity contribution in [3.05, 3.63) is 455 Å². The van der Waals surface area contributed by atoms with E-state index >= 15 is 0 Å². The van der Waals surface area contributed by atoms with Crippen molar-refractivity contribution in [2.45, 2.75) is 0 Å². The van der Waals surface area contributed by atoms with Gasteiger partial charge in [0.25, 0.3) is 0 Å². The van der Waals surface area contributed by atoms with E-state index < -0.39 is 0 Å². The number of hydrogen-bond donors (Lipinski definition) is 0. The molecule has 580 valence electrons. The molecule has 0 fully saturated rings. The number of hydrogen-bond acceptors (Lipinski definition) is 9. The molecule has 0 saturated carbocycles. The minimum atomic E-state index is 0.617. The second-order valence-corrected chi connectivity index (χ2v) is 30.7. The van der Waals surface area contributed by atoms with Crippen LogP contribution in [0.25, 0.3) is 223 Å². The molecule has 0 aliphatic rings. The SMILES string of the molecule is c1ccc(-c2ccc(-c3nc(-c4ccccc4)cc(-c4ccc(-c5cccc(-c6ccc7ccc8c(-c9ccccc9)cc(-c9ccccc9)nc8c7n6)c5)cc4)n3)cc2)cc1.c1ccc(-c2ccc(-c3nc(-c4ccccc4)nc(-c4cccc(-c5ccc(-c6ccc7ccc8c(-c9ccccc9)cc(-c9ccccc9)nc8c7n6)cc5)c4)n3)cc2)cc1. The van der Waals surface area contributed by atoms with Crippen LogP contribution < -0.4 is 0 Å². The summed E-state index contributed by atoms with van der Waals surface area (Å²) in [6.07, 6.45) is 0. The highest BCUT2D eigenvalue weighted by Gasteiger charge is 2.21. The van der Waals surface area contributed by atoms with Gasteiger partial charge in [-0.2, -0.15) is 0 Å². The summed E-state index contributed by atoms with van der Waals surface area (Å²) in [6, 6.07) is 158. The standard InChI is InChI=1S/C58H38N4.C57H37N5/c1-5-14-39(15-6-1)40-26-30-47(31-27-40)58-61-54(44-20-11-4-12-21-44)38-55(62-58)45-28-24-41(25-29-45)48-22-13-23-49(36-48)52-35-33-46-32-34-50-51(42-16-7-2-8-17-42)37-53(43-18-9-3-10-19-43)60-57(50)56(46)59-52;1-5-14-38(15-6-1)39-26-30-46(31-27-39)56-60-55(45-20-11-4-12-21-45)61-57(62-56)48-23-13-22-47(36-48)40-24-28-43(29-25-40)51-35-33-44-32-34-49-50(41-16-7-2-8-17-41)37-52(42-18-9-3-10-19-42)59-54(49)53(44)58-51/h1-38H;1-37H. The van der Waals surface area contributed by atoms with Crippen LogP contribution in [0.3, 0.4) is 0 Å². The first-order valence-corrected chi connectivity index (χ1v) is 41.6. The van der Waals surface area contributed by atoms with Gasteiger partial charge in [0.05, 0.1) is 56.2 Å². The van der Waals surface area contributed by atoms with Crippen molar-refractivity contribution in [2.75, 3.05) is 0 Å². The summed E-state index contributed by atoms with van der Waals surface area (Å²) in [5.41, 5.74) is 32.5. The first kappa shape index (κ1) is 74.8. The van der Waals surface area contributed by atoms with Crippen molar-refractivity contribution in [1.29, 1.82) is 0 Å². The van der Waals surface area contributed by atoms with Crippen molar-refractivity contribution in [2.24, 2.45) is 0 Å². The molecule has 0 radical (unpaired) electrons. The Balaban J connectivity index is 0.000000152. The molecule has 6 aromatic heterocycles. The van der Waals surface area contributed by atoms with Crippen LogP contribution in [0, 0.1) is 0 Å². The monoisotopic (exact) mass is 1580 g/mol. The topological polar surface area (TPSA) is 116 Å². The van der Waals surface area contributed by atoms with Gasteiger partial charge in [0, 0.05) is 77.2 Å². The fraction of sp³-hybridized carbons (Fsp3) is 0. The number of rotatable bonds is 16. The molecular weight excluding hydrogens is 1510 g/mol. The van der Waals surface area contributed by atoms with Gasteiger partial charge in [-0.25, -0.2) is 44.9 Å². The zero-order chi connectivity index (χ0) is 82.5. The van der Waals surface area contributed by atoms with Crippen molar-refractivity contribution >= 4 is 43.6 Å². The number of nitrogens with zero attached hydrogens (tertiary/aromatic N) is 9. The molecule has 0 atom stereocenters. The molecule has 0 N–H and O–H groups in total. The third-order valence-electron chi connectivity index (χ3n) is 22.9. The summed E-state index contributed by atoms with van der Waals surface area (Å²) in [5, 5.41) is 4.25. The zero-order valence-corrected chi connectivity index (χ0v) is 67.3. The van der Waals surface area contributed by atoms with Crippen LogP contribution in [0.15, 0.2) is 455 Å². The summed E-state index contributed by atoms with van der Waals surface area (Å²) < 4.78 is 0. The number of benzene rings is 16. The van der Waals surface area contributed by atoms with Crippen molar-refractivity contribution in [3.8, 4) is 180 Å². The van der Waals surface area contributed by atoms with E-state index in [1.54, 1.807) is 0 Å². The fourth-order valence-corrected chi connectivity index (χ4v) is 16.4. The molecule has 6 heterocycles. The number of aromatic nitrogens is 9. The Hall–Kier alpha value is -16.8. The number of pyridine rings is 4. The van der Waals surface area contributed by atoms with E-state index in [9.17, 15) is 0 Å². The Bertz CT molecular complexity index is 7620. The van der Waals surface area contributed by atoms with E-state index in [-0.39, 0.29) is 0 Å². The van der Waals surface area contributed by atoms with Crippen LogP contribution in [0.1, 0.15) is 0 Å². The zero-order valence-electron chi connectivity index (χ0n) is 67.3. The molecule has 9 heteroatoms. The van der Waals surface area contributed by atoms with Gasteiger partial charge in [0.15, 0.2) is 23.3 Å². The molecular formula is C115H75N9. The Morgan fingerprint density at radius 3 is 0.742 bits per heavy atom. The Labute approximate surface area is 718 Å². The minimum Gasteiger partial charge on any atom is -0.245 e. The lowest BCUT2D eigenvalue weighted by molar-refractivity contribution is 1.07. The summed E-state index contributed by atoms with van der Waals surface area (Å²) in [5.74, 6) is 2.57. The molecule has 22 aromatic rings. The van der Waals surface area contributed by atoms with Crippen molar-refractivity contribution < 1.29 is 0 Å². The Kier molecular flexibility index (Phi) is 20.2. The first-order valence-electron chi connectivity index (χ1n) is 41.6. The van der Waals surface area contributed by atoms with E-state index in [0.29, 0.717) is 23.3 Å². The van der Waals surface area contributed by atoms with Gasteiger partial charge in [-0.3, -0.25) is 0 Å². The fourth-order valence-electron chi connectivity index (χ4n) is 16.4. The molecule has 0 unspecified atom stereocenters. The molecule has 22 rings (SSSR count). The van der Waals surface area contributed by atoms with Crippen LogP contribution in [0.5, 0.6) is 0 Å². The average molecular weight is 1580 g/mol. The first-order chi connectivity index (χ1) is 61.4. The predicted molar refractivity (Wildman–Crippen MR) is 510 cm³/mol. The van der Waals surface area contributed by atoms with E-state index in [2.05, 4.69) is 382 Å². The van der Waals surface area contributed by atoms with Crippen molar-refractivity contribution in [1.82, 2.24) is 44.9 Å². The summed E-state index contributed by atoms with van der Waals surface area (Å²) in [4.78, 5) is 46.4. The van der Waals surface area contributed by atoms with E-state index in [1.165, 1.54) is 11.1 Å². The van der Waals surface area contributed by atoms with Gasteiger partial charge in [0.1, 0.15) is 0 Å². The highest BCUT2D eigenvalue weighted by atomic mass is 15.0. The molecule has 0 aliphatic heterocycles. The Morgan fingerprint density at radius 1 is 0.113 bits per heavy atom. The van der Waals surface area contributed by atoms with Gasteiger partial charge in [0.2, 0.25) is 0 Å². The maximum atomic E-state index is 5.34. The third kappa shape index (κ3) is 15.5. The summed E-state index contributed by atoms with van der Waals surface area (Å²) in [6.45, 7) is 0. The molecule has 0 amide bonds. The van der Waals surface area contributed by atoms with Crippen LogP contribution >= 0.6 is 0 Å². The van der Waals surface area contributed by atoms with Crippen LogP contribution in [-0.2, 0) is 0 Å². The van der Waals surface area contributed by atoms with Gasteiger partial charge in [-0.15, -0.1) is 0 Å². The third-order valence-corrected chi connectivity index (χ3v) is 22.9. The van der Waals surface area contributed by atoms with E-state index in [0.717, 1.165) is 189 Å². The highest BCUT2D eigenvalue weighted by molar-refractivity contribution is 6.11. The molecule has 124 heavy (non-hydrogen) atoms. The Morgan fingerprint density at radius 2 is 0.347 bits per heavy atom. The average Bonchev–Trinajstić information content (AvgIpc) is 0.753. The highest BCUT2D eigenvalue weighted by Crippen LogP contribution is 2.41. The smallest absolute Gasteiger partial charge is 0.164 e. The molecule has 16 aromatic carbocycles. The van der Waals surface area contributed by atoms with Crippen LogP contribution in [0.4, 0.5) is 0 Å². The largest absolute Gasteiger partial charge is 0.245 e. The second-order valence-electron chi connectivity index (χ2n) is 30.7. The summed E-state index contributed by atoms with van der Waals surface area (Å²) >= 11 is 0. The lowest BCUT2D eigenvalue weighted by atomic mass is 9.96. The normalized spacial score (nSPS) is 11.2. The minimum absolute atomic E-state index is 0.617. The van der Waals surface area contributed by atoms with Crippen LogP contribution in [0.2, 0.25) is 0 Å². The molecule has 0 aliphatic carbocycles. The van der Waals surface area contributed by atoms with E-state index in [1.807, 2.05) is 72.8 Å². The quantitative estimate of drug-likeness (QED) is 0.0872. The van der Waals surface area contributed by atoms with E-state index in [4.69, 9.17) is 44.9 Å². The van der Waals surface area contributed by atoms with Gasteiger partial charge < -0.3 is 0 Å². The lowest BCUT2D eigenvalue weighted by Gasteiger charge is -2.13. The lowest BCUT2D eigenvalue weighted by Crippen LogP contribution is -2.00. The molecule has 9 nitrogen and oxygen atoms in total. The molecule has 0 saturated heterocycles. The molecule has 0 bridgehead atoms. The number of fused-ring (bicyclic) bond motifs is 6. The predicted octanol–water partition coefficient (Wildman–Crippen LogP) is 29.2. The molecule has 0 spiro atoms. The van der Waals surface area contributed by atoms with Crippen molar-refractivity contribution in [3.63, 3.8) is 0 Å². The van der Waals surface area contributed by atoms with Gasteiger partial charge >= 0.3 is 0 Å². The van der Waals surface area contributed by atoms with Gasteiger partial charge in [-0.1, -0.05) is 413 Å². The van der Waals surface area contributed by atoms with Gasteiger partial charge in [-0.05, 0) is 109 Å². The maximum absolute atomic E-state index is 5.34.